The molecule has 8 aromatic rings. The highest BCUT2D eigenvalue weighted by Gasteiger charge is 2.19. The summed E-state index contributed by atoms with van der Waals surface area (Å²) in [5.41, 5.74) is 3.55. The maximum Gasteiger partial charge on any atom is 0.373 e. The van der Waals surface area contributed by atoms with E-state index in [1.807, 2.05) is 25.1 Å². The van der Waals surface area contributed by atoms with Crippen molar-refractivity contribution in [2.75, 3.05) is 0 Å². The third-order valence-electron chi connectivity index (χ3n) is 7.54. The fourth-order valence-electron chi connectivity index (χ4n) is 5.18. The second-order valence-electron chi connectivity index (χ2n) is 10.8. The van der Waals surface area contributed by atoms with Gasteiger partial charge in [-0.05, 0) is 36.4 Å². The van der Waals surface area contributed by atoms with Gasteiger partial charge in [-0.2, -0.15) is 30.0 Å². The molecule has 0 saturated heterocycles. The number of rotatable bonds is 8. The molecule has 8 rings (SSSR count). The van der Waals surface area contributed by atoms with Gasteiger partial charge in [-0.25, -0.2) is 38.1 Å². The van der Waals surface area contributed by atoms with Crippen molar-refractivity contribution < 1.29 is 23.5 Å². The van der Waals surface area contributed by atoms with Gasteiger partial charge in [-0.1, -0.05) is 43.3 Å². The lowest BCUT2D eigenvalue weighted by Gasteiger charge is -2.04. The van der Waals surface area contributed by atoms with Crippen LogP contribution in [0.15, 0.2) is 85.2 Å². The molecule has 51 heavy (non-hydrogen) atoms. The Hall–Kier alpha value is -6.84. The molecule has 6 aromatic heterocycles. The molecule has 0 aliphatic carbocycles. The molecule has 0 saturated carbocycles. The molecular weight excluding hydrogens is 662 g/mol. The van der Waals surface area contributed by atoms with E-state index in [4.69, 9.17) is 14.7 Å². The number of nitrogens with one attached hydrogen (secondary N) is 2. The molecule has 0 aliphatic rings. The van der Waals surface area contributed by atoms with E-state index in [1.165, 1.54) is 12.1 Å². The molecule has 0 unspecified atom stereocenters. The van der Waals surface area contributed by atoms with Crippen LogP contribution in [-0.2, 0) is 35.7 Å². The van der Waals surface area contributed by atoms with Crippen LogP contribution >= 0.6 is 0 Å². The van der Waals surface area contributed by atoms with Crippen LogP contribution in [0.25, 0.3) is 45.1 Å². The van der Waals surface area contributed by atoms with Gasteiger partial charge in [0, 0.05) is 29.9 Å². The summed E-state index contributed by atoms with van der Waals surface area (Å²) in [5.74, 6) is 1.49. The lowest BCUT2D eigenvalue weighted by Crippen LogP contribution is -2.04. The van der Waals surface area contributed by atoms with Crippen LogP contribution in [-0.4, -0.2) is 71.1 Å². The van der Waals surface area contributed by atoms with Gasteiger partial charge in [0.25, 0.3) is 0 Å². The Morgan fingerprint density at radius 3 is 1.55 bits per heavy atom. The Bertz CT molecular complexity index is 2280. The number of pyridine rings is 2. The Morgan fingerprint density at radius 1 is 0.686 bits per heavy atom. The van der Waals surface area contributed by atoms with Crippen molar-refractivity contribution in [3.8, 4) is 23.0 Å². The zero-order chi connectivity index (χ0) is 35.7. The van der Waals surface area contributed by atoms with Crippen molar-refractivity contribution in [1.82, 2.24) is 59.9 Å². The van der Waals surface area contributed by atoms with Crippen molar-refractivity contribution in [1.29, 1.82) is 0 Å². The molecule has 0 bridgehead atoms. The fourth-order valence-corrected chi connectivity index (χ4v) is 5.18. The molecule has 15 nitrogen and oxygen atoms in total. The minimum atomic E-state index is -0.293. The minimum Gasteiger partial charge on any atom is -0.388 e. The third kappa shape index (κ3) is 7.44. The molecule has 0 aliphatic heterocycles. The maximum atomic E-state index is 14.0. The molecule has 2 aromatic carbocycles. The van der Waals surface area contributed by atoms with E-state index >= 15 is 0 Å². The highest BCUT2D eigenvalue weighted by atomic mass is 19.1. The molecule has 6 heterocycles. The molecule has 0 spiro atoms. The van der Waals surface area contributed by atoms with Gasteiger partial charge in [0.1, 0.15) is 35.5 Å². The smallest absolute Gasteiger partial charge is 0.373 e. The largest absolute Gasteiger partial charge is 0.388 e. The number of hydrogen-bond acceptors (Lipinski definition) is 11. The number of benzene rings is 2. The summed E-state index contributed by atoms with van der Waals surface area (Å²) in [6.45, 7) is 2.31. The summed E-state index contributed by atoms with van der Waals surface area (Å²) in [7, 11) is 0. The van der Waals surface area contributed by atoms with Crippen molar-refractivity contribution in [2.45, 2.75) is 33.0 Å². The van der Waals surface area contributed by atoms with Gasteiger partial charge < -0.3 is 5.11 Å². The van der Waals surface area contributed by atoms with Crippen LogP contribution in [0.3, 0.4) is 0 Å². The van der Waals surface area contributed by atoms with Crippen molar-refractivity contribution in [2.24, 2.45) is 0 Å². The first kappa shape index (κ1) is 34.0. The topological polar surface area (TPSA) is 199 Å². The second-order valence-corrected chi connectivity index (χ2v) is 10.8. The second kappa shape index (κ2) is 15.6. The number of hydrogen-bond donors (Lipinski definition) is 3. The van der Waals surface area contributed by atoms with E-state index in [0.29, 0.717) is 57.8 Å². The SMILES string of the molecule is CCc1nc(-c2nn(Cc3ccccc3F)c3ncccc23)n[nH]1.O=C=O.OCc1nc(-c2nn(Cc3ccccc3F)c3ncccc23)n[nH]1. The van der Waals surface area contributed by atoms with Gasteiger partial charge in [0.15, 0.2) is 17.1 Å². The van der Waals surface area contributed by atoms with Crippen LogP contribution in [0, 0.1) is 11.6 Å². The zero-order valence-electron chi connectivity index (χ0n) is 26.9. The number of aryl methyl sites for hydroxylation is 1. The first-order chi connectivity index (χ1) is 24.9. The number of aromatic nitrogens is 12. The molecule has 0 radical (unpaired) electrons. The normalized spacial score (nSPS) is 10.7. The van der Waals surface area contributed by atoms with E-state index in [0.717, 1.165) is 23.0 Å². The predicted molar refractivity (Wildman–Crippen MR) is 177 cm³/mol. The van der Waals surface area contributed by atoms with Gasteiger partial charge in [0.05, 0.1) is 23.9 Å². The van der Waals surface area contributed by atoms with E-state index in [9.17, 15) is 8.78 Å². The molecular formula is C34H28F2N12O3. The molecule has 0 amide bonds. The summed E-state index contributed by atoms with van der Waals surface area (Å²) in [6, 6.07) is 20.6. The number of halogens is 2. The average Bonchev–Trinajstić information content (AvgIpc) is 3.97. The summed E-state index contributed by atoms with van der Waals surface area (Å²) in [4.78, 5) is 33.6. The maximum absolute atomic E-state index is 14.0. The average molecular weight is 691 g/mol. The van der Waals surface area contributed by atoms with Gasteiger partial charge in [-0.15, -0.1) is 0 Å². The predicted octanol–water partition coefficient (Wildman–Crippen LogP) is 4.28. The summed E-state index contributed by atoms with van der Waals surface area (Å²) in [6.07, 6.45) is 4.36. The molecule has 0 atom stereocenters. The first-order valence-electron chi connectivity index (χ1n) is 15.5. The number of nitrogens with zero attached hydrogens (tertiary/aromatic N) is 10. The lowest BCUT2D eigenvalue weighted by molar-refractivity contribution is -0.191. The minimum absolute atomic E-state index is 0.237. The van der Waals surface area contributed by atoms with Gasteiger partial charge in [-0.3, -0.25) is 10.2 Å². The van der Waals surface area contributed by atoms with Crippen molar-refractivity contribution in [3.05, 3.63) is 120 Å². The Kier molecular flexibility index (Phi) is 10.4. The van der Waals surface area contributed by atoms with Crippen LogP contribution < -0.4 is 0 Å². The third-order valence-corrected chi connectivity index (χ3v) is 7.54. The quantitative estimate of drug-likeness (QED) is 0.206. The van der Waals surface area contributed by atoms with Crippen LogP contribution in [0.1, 0.15) is 29.7 Å². The first-order valence-corrected chi connectivity index (χ1v) is 15.5. The van der Waals surface area contributed by atoms with Crippen LogP contribution in [0.5, 0.6) is 0 Å². The highest BCUT2D eigenvalue weighted by Crippen LogP contribution is 2.26. The highest BCUT2D eigenvalue weighted by molar-refractivity contribution is 5.89. The Labute approximate surface area is 287 Å². The van der Waals surface area contributed by atoms with Crippen LogP contribution in [0.4, 0.5) is 8.78 Å². The molecule has 17 heteroatoms. The molecule has 256 valence electrons. The van der Waals surface area contributed by atoms with E-state index < -0.39 is 0 Å². The number of aliphatic hydroxyl groups is 1. The van der Waals surface area contributed by atoms with Crippen molar-refractivity contribution >= 4 is 28.2 Å². The monoisotopic (exact) mass is 690 g/mol. The zero-order valence-corrected chi connectivity index (χ0v) is 26.9. The number of carbonyl (C=O) groups excluding carboxylic acids is 2. The van der Waals surface area contributed by atoms with Crippen LogP contribution in [0.2, 0.25) is 0 Å². The van der Waals surface area contributed by atoms with E-state index in [2.05, 4.69) is 50.5 Å². The van der Waals surface area contributed by atoms with E-state index in [1.54, 1.807) is 64.2 Å². The number of aliphatic hydroxyl groups excluding tert-OH is 1. The number of H-pyrrole nitrogens is 2. The number of fused-ring (bicyclic) bond motifs is 2. The summed E-state index contributed by atoms with van der Waals surface area (Å²) in [5, 5.41) is 33.7. The van der Waals surface area contributed by atoms with E-state index in [-0.39, 0.29) is 30.9 Å². The Balaban J connectivity index is 0.000000163. The Morgan fingerprint density at radius 2 is 1.14 bits per heavy atom. The lowest BCUT2D eigenvalue weighted by atomic mass is 10.2. The van der Waals surface area contributed by atoms with Crippen molar-refractivity contribution in [3.63, 3.8) is 0 Å². The molecule has 0 fully saturated rings. The standard InChI is InChI=1S/C17H15FN6.C16H13FN6O.CO2/c1-2-14-20-16(22-21-14)15-12-7-5-9-19-17(12)24(23-15)10-11-6-3-4-8-13(11)18;17-12-6-2-1-4-10(12)8-23-16-11(5-3-7-18-16)14(22-23)15-19-13(9-24)20-21-15;2-1-3/h3-9H,2,10H2,1H3,(H,20,21,22);1-7,24H,8-9H2,(H,19,20,21);. The van der Waals surface area contributed by atoms with Gasteiger partial charge >= 0.3 is 6.15 Å². The molecule has 3 N–H and O–H groups in total. The van der Waals surface area contributed by atoms with Gasteiger partial charge in [0.2, 0.25) is 11.6 Å². The summed E-state index contributed by atoms with van der Waals surface area (Å²) < 4.78 is 31.2. The summed E-state index contributed by atoms with van der Waals surface area (Å²) >= 11 is 0. The fraction of sp³-hybridized carbons (Fsp3) is 0.147. The number of aromatic amines is 2.